The molecular weight excluding hydrogens is 310 g/mol. The number of thiophene rings is 1. The van der Waals surface area contributed by atoms with Crippen LogP contribution in [0.1, 0.15) is 48.1 Å². The van der Waals surface area contributed by atoms with Crippen LogP contribution < -0.4 is 5.32 Å². The van der Waals surface area contributed by atoms with Crippen LogP contribution in [-0.4, -0.2) is 44.9 Å². The predicted octanol–water partition coefficient (Wildman–Crippen LogP) is 2.31. The molecule has 1 aliphatic rings. The van der Waals surface area contributed by atoms with Gasteiger partial charge >= 0.3 is 0 Å². The van der Waals surface area contributed by atoms with E-state index in [1.165, 1.54) is 4.88 Å². The van der Waals surface area contributed by atoms with Crippen LogP contribution in [0.25, 0.3) is 0 Å². The number of likely N-dealkylation sites (tertiary alicyclic amines) is 1. The molecule has 1 atom stereocenters. The molecule has 0 bridgehead atoms. The van der Waals surface area contributed by atoms with Crippen molar-refractivity contribution >= 4 is 17.2 Å². The average molecular weight is 333 g/mol. The van der Waals surface area contributed by atoms with Crippen LogP contribution >= 0.6 is 11.3 Å². The van der Waals surface area contributed by atoms with Gasteiger partial charge in [-0.05, 0) is 44.7 Å². The van der Waals surface area contributed by atoms with Gasteiger partial charge in [-0.15, -0.1) is 16.4 Å². The van der Waals surface area contributed by atoms with E-state index in [-0.39, 0.29) is 18.0 Å². The number of nitrogens with zero attached hydrogens (tertiary/aromatic N) is 4. The summed E-state index contributed by atoms with van der Waals surface area (Å²) in [4.78, 5) is 15.8. The van der Waals surface area contributed by atoms with E-state index < -0.39 is 0 Å². The zero-order valence-electron chi connectivity index (χ0n) is 13.6. The van der Waals surface area contributed by atoms with Crippen molar-refractivity contribution in [3.8, 4) is 0 Å². The van der Waals surface area contributed by atoms with Gasteiger partial charge < -0.3 is 5.32 Å². The number of carbonyl (C=O) groups is 1. The molecule has 1 aliphatic heterocycles. The number of piperidine rings is 1. The normalized spacial score (nSPS) is 19.2. The van der Waals surface area contributed by atoms with Gasteiger partial charge in [0.1, 0.15) is 0 Å². The molecule has 1 fully saturated rings. The summed E-state index contributed by atoms with van der Waals surface area (Å²) in [5.74, 6) is -0.155. The van der Waals surface area contributed by atoms with Crippen molar-refractivity contribution < 1.29 is 4.79 Å². The van der Waals surface area contributed by atoms with E-state index in [0.29, 0.717) is 5.69 Å². The fraction of sp³-hybridized carbons (Fsp3) is 0.562. The average Bonchev–Trinajstić information content (AvgIpc) is 3.18. The van der Waals surface area contributed by atoms with Gasteiger partial charge in [-0.1, -0.05) is 11.3 Å². The highest BCUT2D eigenvalue weighted by Crippen LogP contribution is 2.23. The van der Waals surface area contributed by atoms with Gasteiger partial charge in [0.15, 0.2) is 5.69 Å². The minimum Gasteiger partial charge on any atom is -0.348 e. The van der Waals surface area contributed by atoms with Crippen LogP contribution in [0.15, 0.2) is 23.7 Å². The number of hydrogen-bond acceptors (Lipinski definition) is 5. The zero-order chi connectivity index (χ0) is 16.2. The highest BCUT2D eigenvalue weighted by atomic mass is 32.1. The van der Waals surface area contributed by atoms with Crippen molar-refractivity contribution in [2.75, 3.05) is 13.1 Å². The Morgan fingerprint density at radius 2 is 2.39 bits per heavy atom. The fourth-order valence-electron chi connectivity index (χ4n) is 2.91. The van der Waals surface area contributed by atoms with Crippen molar-refractivity contribution in [2.24, 2.45) is 0 Å². The van der Waals surface area contributed by atoms with Crippen molar-refractivity contribution in [1.29, 1.82) is 0 Å². The smallest absolute Gasteiger partial charge is 0.273 e. The van der Waals surface area contributed by atoms with Gasteiger partial charge in [-0.2, -0.15) is 0 Å². The van der Waals surface area contributed by atoms with Gasteiger partial charge in [0, 0.05) is 24.0 Å². The monoisotopic (exact) mass is 333 g/mol. The van der Waals surface area contributed by atoms with E-state index in [9.17, 15) is 4.79 Å². The molecule has 1 N–H and O–H groups in total. The second kappa shape index (κ2) is 7.23. The zero-order valence-corrected chi connectivity index (χ0v) is 14.4. The molecule has 3 heterocycles. The lowest BCUT2D eigenvalue weighted by atomic mass is 10.1. The Kier molecular flexibility index (Phi) is 5.07. The van der Waals surface area contributed by atoms with Crippen LogP contribution in [0, 0.1) is 0 Å². The van der Waals surface area contributed by atoms with Crippen LogP contribution in [0.5, 0.6) is 0 Å². The molecule has 0 aliphatic carbocycles. The molecule has 0 saturated carbocycles. The third kappa shape index (κ3) is 4.17. The Morgan fingerprint density at radius 3 is 3.13 bits per heavy atom. The van der Waals surface area contributed by atoms with E-state index >= 15 is 0 Å². The van der Waals surface area contributed by atoms with Crippen LogP contribution in [0.3, 0.4) is 0 Å². The fourth-order valence-corrected chi connectivity index (χ4v) is 3.66. The van der Waals surface area contributed by atoms with Crippen LogP contribution in [0.2, 0.25) is 0 Å². The van der Waals surface area contributed by atoms with Crippen LogP contribution in [0.4, 0.5) is 0 Å². The lowest BCUT2D eigenvalue weighted by molar-refractivity contribution is 0.0938. The second-order valence-corrected chi connectivity index (χ2v) is 7.35. The van der Waals surface area contributed by atoms with Crippen molar-refractivity contribution in [2.45, 2.75) is 45.3 Å². The molecule has 0 unspecified atom stereocenters. The molecule has 1 saturated heterocycles. The number of rotatable bonds is 5. The van der Waals surface area contributed by atoms with E-state index in [4.69, 9.17) is 0 Å². The van der Waals surface area contributed by atoms with Gasteiger partial charge in [0.05, 0.1) is 12.2 Å². The Bertz CT molecular complexity index is 637. The molecule has 6 nitrogen and oxygen atoms in total. The van der Waals surface area contributed by atoms with E-state index in [0.717, 1.165) is 32.5 Å². The molecular formula is C16H23N5OS. The third-order valence-corrected chi connectivity index (χ3v) is 4.84. The first-order valence-electron chi connectivity index (χ1n) is 8.09. The molecule has 0 spiro atoms. The summed E-state index contributed by atoms with van der Waals surface area (Å²) in [6.07, 6.45) is 4.00. The Labute approximate surface area is 140 Å². The van der Waals surface area contributed by atoms with Crippen molar-refractivity contribution in [1.82, 2.24) is 25.2 Å². The highest BCUT2D eigenvalue weighted by molar-refractivity contribution is 7.09. The topological polar surface area (TPSA) is 63.1 Å². The van der Waals surface area contributed by atoms with Gasteiger partial charge in [-0.3, -0.25) is 9.69 Å². The number of hydrogen-bond donors (Lipinski definition) is 1. The SMILES string of the molecule is CC(C)NC(=O)c1cn([C@H]2CCCN(Cc3cccs3)C2)nn1. The van der Waals surface area contributed by atoms with Crippen LogP contribution in [-0.2, 0) is 6.54 Å². The Hall–Kier alpha value is -1.73. The summed E-state index contributed by atoms with van der Waals surface area (Å²) < 4.78 is 1.86. The molecule has 0 aromatic carbocycles. The van der Waals surface area contributed by atoms with E-state index in [1.54, 1.807) is 17.5 Å². The summed E-state index contributed by atoms with van der Waals surface area (Å²) in [7, 11) is 0. The lowest BCUT2D eigenvalue weighted by Gasteiger charge is -2.32. The molecule has 3 rings (SSSR count). The Balaban J connectivity index is 1.62. The lowest BCUT2D eigenvalue weighted by Crippen LogP contribution is -2.36. The molecule has 2 aromatic rings. The molecule has 124 valence electrons. The maximum atomic E-state index is 12.0. The van der Waals surface area contributed by atoms with Crippen molar-refractivity contribution in [3.05, 3.63) is 34.3 Å². The number of carbonyl (C=O) groups excluding carboxylic acids is 1. The third-order valence-electron chi connectivity index (χ3n) is 3.98. The largest absolute Gasteiger partial charge is 0.348 e. The van der Waals surface area contributed by atoms with Gasteiger partial charge in [0.25, 0.3) is 5.91 Å². The molecule has 2 aromatic heterocycles. The van der Waals surface area contributed by atoms with Gasteiger partial charge in [-0.25, -0.2) is 4.68 Å². The second-order valence-electron chi connectivity index (χ2n) is 6.32. The molecule has 0 radical (unpaired) electrons. The number of nitrogens with one attached hydrogen (secondary N) is 1. The maximum Gasteiger partial charge on any atom is 0.273 e. The summed E-state index contributed by atoms with van der Waals surface area (Å²) in [5, 5.41) is 13.2. The summed E-state index contributed by atoms with van der Waals surface area (Å²) >= 11 is 1.80. The summed E-state index contributed by atoms with van der Waals surface area (Å²) in [6.45, 7) is 6.93. The van der Waals surface area contributed by atoms with Gasteiger partial charge in [0.2, 0.25) is 0 Å². The molecule has 7 heteroatoms. The van der Waals surface area contributed by atoms with E-state index in [1.807, 2.05) is 18.5 Å². The van der Waals surface area contributed by atoms with Crippen molar-refractivity contribution in [3.63, 3.8) is 0 Å². The van der Waals surface area contributed by atoms with E-state index in [2.05, 4.69) is 38.0 Å². The molecule has 1 amide bonds. The summed E-state index contributed by atoms with van der Waals surface area (Å²) in [6, 6.07) is 4.66. The first-order chi connectivity index (χ1) is 11.1. The number of amides is 1. The standard InChI is InChI=1S/C16H23N5OS/c1-12(2)17-16(22)15-11-21(19-18-15)13-5-3-7-20(9-13)10-14-6-4-8-23-14/h4,6,8,11-13H,3,5,7,9-10H2,1-2H3,(H,17,22)/t13-/m0/s1. The number of aromatic nitrogens is 3. The minimum atomic E-state index is -0.155. The summed E-state index contributed by atoms with van der Waals surface area (Å²) in [5.41, 5.74) is 0.397. The minimum absolute atomic E-state index is 0.101. The maximum absolute atomic E-state index is 12.0. The predicted molar refractivity (Wildman–Crippen MR) is 90.5 cm³/mol. The first-order valence-corrected chi connectivity index (χ1v) is 8.97. The Morgan fingerprint density at radius 1 is 1.52 bits per heavy atom. The quantitative estimate of drug-likeness (QED) is 0.912. The highest BCUT2D eigenvalue weighted by Gasteiger charge is 2.23. The molecule has 23 heavy (non-hydrogen) atoms. The first kappa shape index (κ1) is 16.1.